The van der Waals surface area contributed by atoms with Crippen LogP contribution in [0.1, 0.15) is 18.0 Å². The maximum Gasteiger partial charge on any atom is 0.397 e. The smallest absolute Gasteiger partial charge is 0.397 e. The molecule has 28 heavy (non-hydrogen) atoms. The van der Waals surface area contributed by atoms with Gasteiger partial charge in [-0.2, -0.15) is 9.97 Å². The first-order chi connectivity index (χ1) is 13.7. The lowest BCUT2D eigenvalue weighted by molar-refractivity contribution is 0.168. The first-order valence-electron chi connectivity index (χ1n) is 8.83. The van der Waals surface area contributed by atoms with Crippen molar-refractivity contribution in [2.75, 3.05) is 12.3 Å². The van der Waals surface area contributed by atoms with E-state index in [1.807, 2.05) is 28.8 Å². The number of hydrogen-bond donors (Lipinski definition) is 1. The Bertz CT molecular complexity index is 1060. The first-order valence-corrected chi connectivity index (χ1v) is 10.3. The summed E-state index contributed by atoms with van der Waals surface area (Å²) in [6, 6.07) is 7.94. The maximum absolute atomic E-state index is 6.11. The van der Waals surface area contributed by atoms with E-state index >= 15 is 0 Å². The number of nitrogens with two attached hydrogens (primary N) is 1. The van der Waals surface area contributed by atoms with Gasteiger partial charge in [-0.15, -0.1) is 0 Å². The molecule has 1 aliphatic carbocycles. The zero-order valence-electron chi connectivity index (χ0n) is 14.7. The Morgan fingerprint density at radius 3 is 3.11 bits per heavy atom. The molecule has 0 spiro atoms. The van der Waals surface area contributed by atoms with E-state index in [1.165, 1.54) is 0 Å². The molecule has 8 nitrogen and oxygen atoms in total. The largest absolute Gasteiger partial charge is 0.426 e. The molecule has 2 N–H and O–H groups in total. The summed E-state index contributed by atoms with van der Waals surface area (Å²) >= 11 is 6.11. The normalized spacial score (nSPS) is 23.7. The summed E-state index contributed by atoms with van der Waals surface area (Å²) in [7, 11) is -1.38. The molecule has 144 valence electrons. The zero-order valence-corrected chi connectivity index (χ0v) is 16.4. The zero-order chi connectivity index (χ0) is 19.1. The van der Waals surface area contributed by atoms with Gasteiger partial charge in [-0.25, -0.2) is 4.98 Å². The van der Waals surface area contributed by atoms with Gasteiger partial charge < -0.3 is 19.3 Å². The molecule has 5 rings (SSSR count). The molecule has 2 aliphatic rings. The maximum atomic E-state index is 6.11. The van der Waals surface area contributed by atoms with Gasteiger partial charge in [0.2, 0.25) is 5.95 Å². The van der Waals surface area contributed by atoms with Crippen molar-refractivity contribution >= 4 is 37.3 Å². The van der Waals surface area contributed by atoms with Crippen LogP contribution in [0, 0.1) is 5.92 Å². The minimum atomic E-state index is -1.38. The highest BCUT2D eigenvalue weighted by atomic mass is 35.5. The van der Waals surface area contributed by atoms with Crippen molar-refractivity contribution in [2.45, 2.75) is 19.1 Å². The Labute approximate surface area is 167 Å². The fraction of sp³-hybridized carbons (Fsp3) is 0.278. The molecule has 0 saturated heterocycles. The summed E-state index contributed by atoms with van der Waals surface area (Å²) in [5.74, 6) is 1.21. The monoisotopic (exact) mass is 417 g/mol. The predicted octanol–water partition coefficient (Wildman–Crippen LogP) is 4.03. The van der Waals surface area contributed by atoms with Crippen molar-refractivity contribution in [3.05, 3.63) is 53.5 Å². The van der Waals surface area contributed by atoms with Gasteiger partial charge in [-0.1, -0.05) is 42.0 Å². The van der Waals surface area contributed by atoms with Gasteiger partial charge in [0.1, 0.15) is 11.3 Å². The summed E-state index contributed by atoms with van der Waals surface area (Å²) in [6.45, 7) is 1.03. The van der Waals surface area contributed by atoms with Crippen LogP contribution in [-0.2, 0) is 15.7 Å². The minimum absolute atomic E-state index is 0.102. The van der Waals surface area contributed by atoms with Gasteiger partial charge in [-0.05, 0) is 12.5 Å². The van der Waals surface area contributed by atoms with Crippen molar-refractivity contribution in [1.29, 1.82) is 0 Å². The Hall–Kier alpha value is -2.25. The molecule has 3 atom stereocenters. The van der Waals surface area contributed by atoms with Crippen molar-refractivity contribution in [1.82, 2.24) is 19.5 Å². The number of allylic oxidation sites excluding steroid dienone is 1. The van der Waals surface area contributed by atoms with E-state index in [9.17, 15) is 0 Å². The first kappa shape index (κ1) is 17.8. The fourth-order valence-corrected chi connectivity index (χ4v) is 4.68. The van der Waals surface area contributed by atoms with Gasteiger partial charge in [0.15, 0.2) is 10.8 Å². The van der Waals surface area contributed by atoms with Gasteiger partial charge in [0.05, 0.1) is 25.6 Å². The lowest BCUT2D eigenvalue weighted by Gasteiger charge is -2.24. The molecule has 1 aromatic carbocycles. The van der Waals surface area contributed by atoms with Gasteiger partial charge in [-0.3, -0.25) is 4.52 Å². The molecular formula is C18H17ClN5O3P. The number of para-hydroxylation sites is 1. The number of hydrogen-bond acceptors (Lipinski definition) is 7. The SMILES string of the molecule is Nc1nc(Cl)c2ncn([C@H]3C=C[C@@H](COP4OCc5ccccc5O4)C3)c2n1. The van der Waals surface area contributed by atoms with Crippen LogP contribution in [-0.4, -0.2) is 26.1 Å². The third-order valence-electron chi connectivity index (χ3n) is 4.77. The second kappa shape index (κ2) is 7.29. The third kappa shape index (κ3) is 3.33. The average Bonchev–Trinajstić information content (AvgIpc) is 3.33. The number of anilines is 1. The van der Waals surface area contributed by atoms with Crippen molar-refractivity contribution < 1.29 is 13.6 Å². The third-order valence-corrected chi connectivity index (χ3v) is 6.08. The van der Waals surface area contributed by atoms with Crippen LogP contribution in [0.4, 0.5) is 5.95 Å². The van der Waals surface area contributed by atoms with E-state index in [0.717, 1.165) is 17.7 Å². The molecule has 0 saturated carbocycles. The summed E-state index contributed by atoms with van der Waals surface area (Å²) in [5.41, 5.74) is 7.96. The summed E-state index contributed by atoms with van der Waals surface area (Å²) in [5, 5.41) is 0.262. The highest BCUT2D eigenvalue weighted by Crippen LogP contribution is 2.47. The number of rotatable bonds is 4. The second-order valence-corrected chi connectivity index (χ2v) is 8.14. The summed E-state index contributed by atoms with van der Waals surface area (Å²) < 4.78 is 19.3. The highest BCUT2D eigenvalue weighted by molar-refractivity contribution is 7.42. The standard InChI is InChI=1S/C18H17ClN5O3P/c19-16-15-17(23-18(20)22-16)24(10-21-15)13-6-5-11(7-13)8-25-28-26-9-12-3-1-2-4-14(12)27-28/h1-6,10-11,13H,7-9H2,(H2,20,22,23)/t11-,13+,28?/m1/s1. The number of aromatic nitrogens is 4. The lowest BCUT2D eigenvalue weighted by Crippen LogP contribution is -2.12. The number of benzene rings is 1. The van der Waals surface area contributed by atoms with E-state index in [1.54, 1.807) is 6.33 Å². The molecule has 1 unspecified atom stereocenters. The molecule has 0 amide bonds. The molecule has 0 bridgehead atoms. The molecule has 0 radical (unpaired) electrons. The predicted molar refractivity (Wildman–Crippen MR) is 106 cm³/mol. The van der Waals surface area contributed by atoms with E-state index in [2.05, 4.69) is 27.1 Å². The quantitative estimate of drug-likeness (QED) is 0.388. The van der Waals surface area contributed by atoms with Crippen LogP contribution in [0.5, 0.6) is 5.75 Å². The Morgan fingerprint density at radius 1 is 1.29 bits per heavy atom. The van der Waals surface area contributed by atoms with Crippen LogP contribution in [0.3, 0.4) is 0 Å². The fourth-order valence-electron chi connectivity index (χ4n) is 3.38. The van der Waals surface area contributed by atoms with E-state index in [-0.39, 0.29) is 23.1 Å². The molecule has 1 aliphatic heterocycles. The average molecular weight is 418 g/mol. The summed E-state index contributed by atoms with van der Waals surface area (Å²) in [4.78, 5) is 12.6. The van der Waals surface area contributed by atoms with Crippen molar-refractivity contribution in [3.63, 3.8) is 0 Å². The number of nitrogen functional groups attached to an aromatic ring is 1. The highest BCUT2D eigenvalue weighted by Gasteiger charge is 2.27. The molecular weight excluding hydrogens is 401 g/mol. The number of imidazole rings is 1. The van der Waals surface area contributed by atoms with Crippen LogP contribution in [0.15, 0.2) is 42.7 Å². The molecule has 10 heteroatoms. The topological polar surface area (TPSA) is 97.3 Å². The molecule has 3 heterocycles. The summed E-state index contributed by atoms with van der Waals surface area (Å²) in [6.07, 6.45) is 6.83. The Morgan fingerprint density at radius 2 is 2.18 bits per heavy atom. The van der Waals surface area contributed by atoms with Crippen molar-refractivity contribution in [3.8, 4) is 5.75 Å². The number of halogens is 1. The molecule has 0 fully saturated rings. The van der Waals surface area contributed by atoms with E-state index < -0.39 is 8.60 Å². The van der Waals surface area contributed by atoms with Crippen LogP contribution < -0.4 is 10.3 Å². The van der Waals surface area contributed by atoms with Gasteiger partial charge in [0, 0.05) is 11.5 Å². The Kier molecular flexibility index (Phi) is 4.64. The van der Waals surface area contributed by atoms with Gasteiger partial charge >= 0.3 is 8.60 Å². The molecule has 3 aromatic rings. The van der Waals surface area contributed by atoms with Crippen LogP contribution >= 0.6 is 20.2 Å². The molecule has 2 aromatic heterocycles. The lowest BCUT2D eigenvalue weighted by atomic mass is 10.1. The van der Waals surface area contributed by atoms with Crippen LogP contribution in [0.2, 0.25) is 5.15 Å². The van der Waals surface area contributed by atoms with Crippen LogP contribution in [0.25, 0.3) is 11.2 Å². The Balaban J connectivity index is 1.22. The minimum Gasteiger partial charge on any atom is -0.426 e. The van der Waals surface area contributed by atoms with E-state index in [4.69, 9.17) is 30.9 Å². The van der Waals surface area contributed by atoms with Gasteiger partial charge in [0.25, 0.3) is 0 Å². The van der Waals surface area contributed by atoms with Crippen molar-refractivity contribution in [2.24, 2.45) is 5.92 Å². The second-order valence-electron chi connectivity index (χ2n) is 6.64. The number of nitrogens with zero attached hydrogens (tertiary/aromatic N) is 4. The van der Waals surface area contributed by atoms with E-state index in [0.29, 0.717) is 24.4 Å². The number of fused-ring (bicyclic) bond motifs is 2.